The molecule has 1 aromatic rings. The SMILES string of the molecule is COCCOCCCNc1ccc(C(=O)O)c(Cl)c1. The Morgan fingerprint density at radius 3 is 2.79 bits per heavy atom. The molecule has 0 saturated carbocycles. The van der Waals surface area contributed by atoms with Crippen molar-refractivity contribution in [3.8, 4) is 0 Å². The van der Waals surface area contributed by atoms with Gasteiger partial charge >= 0.3 is 5.97 Å². The molecule has 0 heterocycles. The molecule has 0 fully saturated rings. The Balaban J connectivity index is 2.26. The molecule has 1 aromatic carbocycles. The van der Waals surface area contributed by atoms with Crippen LogP contribution in [-0.2, 0) is 9.47 Å². The summed E-state index contributed by atoms with van der Waals surface area (Å²) in [4.78, 5) is 10.8. The fourth-order valence-corrected chi connectivity index (χ4v) is 1.71. The number of carbonyl (C=O) groups is 1. The highest BCUT2D eigenvalue weighted by molar-refractivity contribution is 6.33. The van der Waals surface area contributed by atoms with Crippen molar-refractivity contribution >= 4 is 23.3 Å². The lowest BCUT2D eigenvalue weighted by Crippen LogP contribution is -2.08. The number of carboxylic acids is 1. The lowest BCUT2D eigenvalue weighted by Gasteiger charge is -2.08. The van der Waals surface area contributed by atoms with E-state index in [2.05, 4.69) is 5.32 Å². The highest BCUT2D eigenvalue weighted by Gasteiger charge is 2.08. The summed E-state index contributed by atoms with van der Waals surface area (Å²) < 4.78 is 10.2. The van der Waals surface area contributed by atoms with E-state index in [0.29, 0.717) is 19.8 Å². The Labute approximate surface area is 117 Å². The van der Waals surface area contributed by atoms with Crippen LogP contribution >= 0.6 is 11.6 Å². The fourth-order valence-electron chi connectivity index (χ4n) is 1.45. The monoisotopic (exact) mass is 287 g/mol. The maximum absolute atomic E-state index is 10.8. The van der Waals surface area contributed by atoms with E-state index >= 15 is 0 Å². The molecule has 0 aliphatic rings. The number of carboxylic acid groups (broad SMARTS) is 1. The van der Waals surface area contributed by atoms with Crippen molar-refractivity contribution in [1.82, 2.24) is 0 Å². The van der Waals surface area contributed by atoms with Gasteiger partial charge in [0, 0.05) is 25.9 Å². The zero-order valence-electron chi connectivity index (χ0n) is 10.8. The summed E-state index contributed by atoms with van der Waals surface area (Å²) in [5.74, 6) is -1.02. The van der Waals surface area contributed by atoms with E-state index in [1.807, 2.05) is 0 Å². The maximum atomic E-state index is 10.8. The Morgan fingerprint density at radius 2 is 2.16 bits per heavy atom. The first kappa shape index (κ1) is 15.8. The van der Waals surface area contributed by atoms with E-state index in [1.165, 1.54) is 6.07 Å². The summed E-state index contributed by atoms with van der Waals surface area (Å²) >= 11 is 5.86. The number of anilines is 1. The fraction of sp³-hybridized carbons (Fsp3) is 0.462. The van der Waals surface area contributed by atoms with Gasteiger partial charge in [0.15, 0.2) is 0 Å². The quantitative estimate of drug-likeness (QED) is 0.683. The first-order valence-electron chi connectivity index (χ1n) is 5.98. The zero-order valence-corrected chi connectivity index (χ0v) is 11.6. The van der Waals surface area contributed by atoms with Crippen LogP contribution in [0.25, 0.3) is 0 Å². The molecule has 6 heteroatoms. The van der Waals surface area contributed by atoms with Crippen molar-refractivity contribution in [2.24, 2.45) is 0 Å². The first-order valence-corrected chi connectivity index (χ1v) is 6.36. The topological polar surface area (TPSA) is 67.8 Å². The van der Waals surface area contributed by atoms with Gasteiger partial charge in [-0.3, -0.25) is 0 Å². The number of methoxy groups -OCH3 is 1. The predicted octanol–water partition coefficient (Wildman–Crippen LogP) is 2.50. The molecule has 19 heavy (non-hydrogen) atoms. The van der Waals surface area contributed by atoms with E-state index in [4.69, 9.17) is 26.2 Å². The minimum Gasteiger partial charge on any atom is -0.478 e. The van der Waals surface area contributed by atoms with Gasteiger partial charge < -0.3 is 19.9 Å². The zero-order chi connectivity index (χ0) is 14.1. The highest BCUT2D eigenvalue weighted by Crippen LogP contribution is 2.20. The molecule has 5 nitrogen and oxygen atoms in total. The van der Waals surface area contributed by atoms with Gasteiger partial charge in [0.25, 0.3) is 0 Å². The molecule has 1 rings (SSSR count). The molecule has 0 aliphatic heterocycles. The van der Waals surface area contributed by atoms with Crippen LogP contribution in [-0.4, -0.2) is 44.6 Å². The molecule has 0 amide bonds. The third-order valence-corrected chi connectivity index (χ3v) is 2.74. The number of ether oxygens (including phenoxy) is 2. The second-order valence-corrected chi connectivity index (χ2v) is 4.29. The average molecular weight is 288 g/mol. The van der Waals surface area contributed by atoms with Gasteiger partial charge in [0.2, 0.25) is 0 Å². The van der Waals surface area contributed by atoms with Crippen molar-refractivity contribution in [2.75, 3.05) is 38.8 Å². The van der Waals surface area contributed by atoms with E-state index < -0.39 is 5.97 Å². The van der Waals surface area contributed by atoms with Crippen LogP contribution in [0.15, 0.2) is 18.2 Å². The van der Waals surface area contributed by atoms with E-state index in [9.17, 15) is 4.79 Å². The standard InChI is InChI=1S/C13H18ClNO4/c1-18-7-8-19-6-2-5-15-10-3-4-11(13(16)17)12(14)9-10/h3-4,9,15H,2,5-8H2,1H3,(H,16,17). The minimum absolute atomic E-state index is 0.107. The average Bonchev–Trinajstić information content (AvgIpc) is 2.37. The first-order chi connectivity index (χ1) is 9.15. The minimum atomic E-state index is -1.02. The number of halogens is 1. The molecule has 0 aliphatic carbocycles. The van der Waals surface area contributed by atoms with Gasteiger partial charge in [-0.2, -0.15) is 0 Å². The smallest absolute Gasteiger partial charge is 0.337 e. The second kappa shape index (κ2) is 8.74. The van der Waals surface area contributed by atoms with Crippen LogP contribution in [0, 0.1) is 0 Å². The van der Waals surface area contributed by atoms with Crippen LogP contribution in [0.3, 0.4) is 0 Å². The lowest BCUT2D eigenvalue weighted by atomic mass is 10.2. The van der Waals surface area contributed by atoms with Crippen molar-refractivity contribution in [1.29, 1.82) is 0 Å². The van der Waals surface area contributed by atoms with Crippen molar-refractivity contribution in [3.63, 3.8) is 0 Å². The van der Waals surface area contributed by atoms with E-state index in [1.54, 1.807) is 19.2 Å². The maximum Gasteiger partial charge on any atom is 0.337 e. The predicted molar refractivity (Wildman–Crippen MR) is 74.2 cm³/mol. The molecule has 0 aromatic heterocycles. The summed E-state index contributed by atoms with van der Waals surface area (Å²) in [6.45, 7) is 2.57. The second-order valence-electron chi connectivity index (χ2n) is 3.89. The van der Waals surface area contributed by atoms with Crippen LogP contribution in [0.4, 0.5) is 5.69 Å². The molecule has 0 radical (unpaired) electrons. The summed E-state index contributed by atoms with van der Waals surface area (Å²) in [7, 11) is 1.63. The summed E-state index contributed by atoms with van der Waals surface area (Å²) in [5.41, 5.74) is 0.905. The third-order valence-electron chi connectivity index (χ3n) is 2.43. The molecule has 2 N–H and O–H groups in total. The van der Waals surface area contributed by atoms with Crippen LogP contribution in [0.1, 0.15) is 16.8 Å². The van der Waals surface area contributed by atoms with Gasteiger partial charge in [0.1, 0.15) is 0 Å². The molecule has 106 valence electrons. The van der Waals surface area contributed by atoms with Gasteiger partial charge in [-0.1, -0.05) is 11.6 Å². The Hall–Kier alpha value is -1.30. The van der Waals surface area contributed by atoms with Gasteiger partial charge in [-0.05, 0) is 24.6 Å². The van der Waals surface area contributed by atoms with E-state index in [-0.39, 0.29) is 10.6 Å². The van der Waals surface area contributed by atoms with Gasteiger partial charge in [-0.15, -0.1) is 0 Å². The number of rotatable bonds is 9. The molecular formula is C13H18ClNO4. The molecule has 0 unspecified atom stereocenters. The molecule has 0 saturated heterocycles. The number of hydrogen-bond acceptors (Lipinski definition) is 4. The van der Waals surface area contributed by atoms with E-state index in [0.717, 1.165) is 18.7 Å². The molecule has 0 atom stereocenters. The van der Waals surface area contributed by atoms with Crippen LogP contribution < -0.4 is 5.32 Å². The van der Waals surface area contributed by atoms with Crippen molar-refractivity contribution in [3.05, 3.63) is 28.8 Å². The van der Waals surface area contributed by atoms with Crippen LogP contribution in [0.5, 0.6) is 0 Å². The number of benzene rings is 1. The number of aromatic carboxylic acids is 1. The normalized spacial score (nSPS) is 10.4. The van der Waals surface area contributed by atoms with Crippen molar-refractivity contribution < 1.29 is 19.4 Å². The molecule has 0 bridgehead atoms. The molecular weight excluding hydrogens is 270 g/mol. The third kappa shape index (κ3) is 5.92. The van der Waals surface area contributed by atoms with Gasteiger partial charge in [0.05, 0.1) is 23.8 Å². The summed E-state index contributed by atoms with van der Waals surface area (Å²) in [5, 5.41) is 12.2. The number of nitrogens with one attached hydrogen (secondary N) is 1. The Bertz CT molecular complexity index is 412. The summed E-state index contributed by atoms with van der Waals surface area (Å²) in [6.07, 6.45) is 0.849. The Morgan fingerprint density at radius 1 is 1.37 bits per heavy atom. The van der Waals surface area contributed by atoms with Crippen molar-refractivity contribution in [2.45, 2.75) is 6.42 Å². The lowest BCUT2D eigenvalue weighted by molar-refractivity contribution is 0.0697. The van der Waals surface area contributed by atoms with Gasteiger partial charge in [-0.25, -0.2) is 4.79 Å². The molecule has 0 spiro atoms. The van der Waals surface area contributed by atoms with Crippen LogP contribution in [0.2, 0.25) is 5.02 Å². The Kier molecular flexibility index (Phi) is 7.25. The summed E-state index contributed by atoms with van der Waals surface area (Å²) in [6, 6.07) is 4.79. The number of hydrogen-bond donors (Lipinski definition) is 2. The highest BCUT2D eigenvalue weighted by atomic mass is 35.5. The largest absolute Gasteiger partial charge is 0.478 e.